The van der Waals surface area contributed by atoms with Crippen molar-refractivity contribution in [1.29, 1.82) is 0 Å². The largest absolute Gasteiger partial charge is 0.308 e. The van der Waals surface area contributed by atoms with Gasteiger partial charge in [0.25, 0.3) is 15.9 Å². The van der Waals surface area contributed by atoms with Crippen molar-refractivity contribution in [3.63, 3.8) is 0 Å². The van der Waals surface area contributed by atoms with Crippen LogP contribution in [0, 0.1) is 6.92 Å². The highest BCUT2D eigenvalue weighted by molar-refractivity contribution is 9.10. The van der Waals surface area contributed by atoms with Crippen molar-refractivity contribution in [3.05, 3.63) is 87.9 Å². The number of amides is 1. The number of fused-ring (bicyclic) bond motifs is 1. The first-order valence-corrected chi connectivity index (χ1v) is 11.8. The number of carbonyl (C=O) groups is 1. The smallest absolute Gasteiger partial charge is 0.264 e. The van der Waals surface area contributed by atoms with Gasteiger partial charge in [-0.05, 0) is 73.5 Å². The van der Waals surface area contributed by atoms with Gasteiger partial charge in [-0.2, -0.15) is 0 Å². The number of benzene rings is 3. The van der Waals surface area contributed by atoms with Crippen molar-refractivity contribution in [1.82, 2.24) is 0 Å². The van der Waals surface area contributed by atoms with E-state index in [1.165, 1.54) is 11.4 Å². The summed E-state index contributed by atoms with van der Waals surface area (Å²) in [6.07, 6.45) is 0.816. The quantitative estimate of drug-likeness (QED) is 0.534. The molecule has 0 radical (unpaired) electrons. The molecule has 0 fully saturated rings. The molecule has 4 rings (SSSR count). The first-order valence-electron chi connectivity index (χ1n) is 9.53. The van der Waals surface area contributed by atoms with Crippen molar-refractivity contribution in [2.75, 3.05) is 22.8 Å². The van der Waals surface area contributed by atoms with E-state index in [-0.39, 0.29) is 10.8 Å². The summed E-state index contributed by atoms with van der Waals surface area (Å²) in [4.78, 5) is 15.0. The average Bonchev–Trinajstić information content (AvgIpc) is 3.16. The molecule has 1 amide bonds. The summed E-state index contributed by atoms with van der Waals surface area (Å²) < 4.78 is 28.0. The fraction of sp³-hybridized carbons (Fsp3) is 0.174. The number of hydrogen-bond donors (Lipinski definition) is 0. The fourth-order valence-corrected chi connectivity index (χ4v) is 5.16. The van der Waals surface area contributed by atoms with Crippen LogP contribution in [0.5, 0.6) is 0 Å². The lowest BCUT2D eigenvalue weighted by Crippen LogP contribution is -2.29. The number of sulfonamides is 1. The Morgan fingerprint density at radius 3 is 2.33 bits per heavy atom. The summed E-state index contributed by atoms with van der Waals surface area (Å²) in [5.74, 6) is -0.0910. The molecule has 0 unspecified atom stereocenters. The highest BCUT2D eigenvalue weighted by Crippen LogP contribution is 2.32. The van der Waals surface area contributed by atoms with Gasteiger partial charge in [0.15, 0.2) is 0 Å². The van der Waals surface area contributed by atoms with Gasteiger partial charge >= 0.3 is 0 Å². The summed E-state index contributed by atoms with van der Waals surface area (Å²) in [5.41, 5.74) is 4.08. The number of anilines is 2. The minimum absolute atomic E-state index is 0.0910. The second kappa shape index (κ2) is 7.89. The van der Waals surface area contributed by atoms with Gasteiger partial charge in [0.05, 0.1) is 10.6 Å². The van der Waals surface area contributed by atoms with Gasteiger partial charge in [0.1, 0.15) is 0 Å². The zero-order valence-corrected chi connectivity index (χ0v) is 19.1. The molecule has 0 aliphatic carbocycles. The monoisotopic (exact) mass is 484 g/mol. The van der Waals surface area contributed by atoms with Gasteiger partial charge in [0.2, 0.25) is 0 Å². The van der Waals surface area contributed by atoms with E-state index in [9.17, 15) is 13.2 Å². The van der Waals surface area contributed by atoms with Crippen molar-refractivity contribution in [2.45, 2.75) is 18.2 Å². The highest BCUT2D eigenvalue weighted by Gasteiger charge is 2.26. The molecule has 154 valence electrons. The van der Waals surface area contributed by atoms with Crippen LogP contribution in [0.15, 0.2) is 76.1 Å². The van der Waals surface area contributed by atoms with Gasteiger partial charge in [-0.1, -0.05) is 33.6 Å². The molecular weight excluding hydrogens is 464 g/mol. The maximum atomic E-state index is 13.0. The molecule has 0 atom stereocenters. The highest BCUT2D eigenvalue weighted by atomic mass is 79.9. The Bertz CT molecular complexity index is 1210. The summed E-state index contributed by atoms with van der Waals surface area (Å²) in [7, 11) is -2.15. The third kappa shape index (κ3) is 3.75. The molecule has 0 saturated carbocycles. The second-order valence-corrected chi connectivity index (χ2v) is 10.2. The molecule has 0 N–H and O–H groups in total. The SMILES string of the molecule is Cc1ccc(S(=O)(=O)N(C)c2ccc(C(=O)N3CCc4cc(Br)ccc43)cc2)cc1. The summed E-state index contributed by atoms with van der Waals surface area (Å²) in [6.45, 7) is 2.54. The van der Waals surface area contributed by atoms with Gasteiger partial charge in [0, 0.05) is 29.3 Å². The lowest BCUT2D eigenvalue weighted by molar-refractivity contribution is 0.0989. The van der Waals surface area contributed by atoms with Gasteiger partial charge in [-0.25, -0.2) is 8.42 Å². The maximum absolute atomic E-state index is 13.0. The molecule has 3 aromatic carbocycles. The average molecular weight is 485 g/mol. The van der Waals surface area contributed by atoms with Crippen LogP contribution in [0.25, 0.3) is 0 Å². The van der Waals surface area contributed by atoms with Crippen molar-refractivity contribution in [2.24, 2.45) is 0 Å². The Morgan fingerprint density at radius 2 is 1.67 bits per heavy atom. The normalized spacial score (nSPS) is 13.2. The molecule has 0 bridgehead atoms. The molecule has 7 heteroatoms. The number of nitrogens with zero attached hydrogens (tertiary/aromatic N) is 2. The molecule has 1 aliphatic heterocycles. The van der Waals surface area contributed by atoms with Crippen LogP contribution in [-0.4, -0.2) is 27.9 Å². The minimum Gasteiger partial charge on any atom is -0.308 e. The van der Waals surface area contributed by atoms with Crippen LogP contribution in [0.2, 0.25) is 0 Å². The van der Waals surface area contributed by atoms with E-state index in [0.717, 1.165) is 27.7 Å². The van der Waals surface area contributed by atoms with E-state index in [0.29, 0.717) is 17.8 Å². The summed E-state index contributed by atoms with van der Waals surface area (Å²) >= 11 is 3.47. The number of aryl methyl sites for hydroxylation is 1. The van der Waals surface area contributed by atoms with E-state index in [4.69, 9.17) is 0 Å². The molecular formula is C23H21BrN2O3S. The first kappa shape index (κ1) is 20.6. The molecule has 0 aromatic heterocycles. The van der Waals surface area contributed by atoms with Crippen molar-refractivity contribution in [3.8, 4) is 0 Å². The third-order valence-corrected chi connectivity index (χ3v) is 7.63. The Kier molecular flexibility index (Phi) is 5.42. The van der Waals surface area contributed by atoms with Gasteiger partial charge in [-0.3, -0.25) is 9.10 Å². The molecule has 0 saturated heterocycles. The molecule has 30 heavy (non-hydrogen) atoms. The Balaban J connectivity index is 1.56. The Hall–Kier alpha value is -2.64. The lowest BCUT2D eigenvalue weighted by atomic mass is 10.1. The molecule has 5 nitrogen and oxygen atoms in total. The topological polar surface area (TPSA) is 57.7 Å². The zero-order valence-electron chi connectivity index (χ0n) is 16.7. The van der Waals surface area contributed by atoms with Crippen LogP contribution in [0.4, 0.5) is 11.4 Å². The van der Waals surface area contributed by atoms with E-state index in [1.54, 1.807) is 53.4 Å². The third-order valence-electron chi connectivity index (χ3n) is 5.34. The number of carbonyl (C=O) groups excluding carboxylic acids is 1. The lowest BCUT2D eigenvalue weighted by Gasteiger charge is -2.21. The Labute approximate surface area is 185 Å². The summed E-state index contributed by atoms with van der Waals surface area (Å²) in [5, 5.41) is 0. The predicted octanol–water partition coefficient (Wildman–Crippen LogP) is 4.79. The van der Waals surface area contributed by atoms with E-state index in [1.807, 2.05) is 25.1 Å². The predicted molar refractivity (Wildman–Crippen MR) is 123 cm³/mol. The fourth-order valence-electron chi connectivity index (χ4n) is 3.56. The van der Waals surface area contributed by atoms with E-state index >= 15 is 0 Å². The number of hydrogen-bond acceptors (Lipinski definition) is 3. The second-order valence-electron chi connectivity index (χ2n) is 7.31. The van der Waals surface area contributed by atoms with Crippen molar-refractivity contribution >= 4 is 43.2 Å². The Morgan fingerprint density at radius 1 is 1.00 bits per heavy atom. The van der Waals surface area contributed by atoms with Crippen LogP contribution < -0.4 is 9.21 Å². The van der Waals surface area contributed by atoms with Crippen molar-refractivity contribution < 1.29 is 13.2 Å². The van der Waals surface area contributed by atoms with Crippen LogP contribution in [0.3, 0.4) is 0 Å². The van der Waals surface area contributed by atoms with Crippen LogP contribution in [-0.2, 0) is 16.4 Å². The summed E-state index contributed by atoms with van der Waals surface area (Å²) in [6, 6.07) is 19.3. The standard InChI is InChI=1S/C23H21BrN2O3S/c1-16-3-10-21(11-4-16)30(28,29)25(2)20-8-5-17(6-9-20)23(27)26-14-13-18-15-19(24)7-12-22(18)26/h3-12,15H,13-14H2,1-2H3. The maximum Gasteiger partial charge on any atom is 0.264 e. The number of rotatable bonds is 4. The van der Waals surface area contributed by atoms with Gasteiger partial charge < -0.3 is 4.90 Å². The number of halogens is 1. The van der Waals surface area contributed by atoms with Crippen LogP contribution in [0.1, 0.15) is 21.5 Å². The minimum atomic E-state index is -3.67. The van der Waals surface area contributed by atoms with Crippen LogP contribution >= 0.6 is 15.9 Å². The van der Waals surface area contributed by atoms with Gasteiger partial charge in [-0.15, -0.1) is 0 Å². The molecule has 1 aliphatic rings. The molecule has 0 spiro atoms. The first-order chi connectivity index (χ1) is 14.3. The molecule has 3 aromatic rings. The van der Waals surface area contributed by atoms with E-state index in [2.05, 4.69) is 15.9 Å². The molecule has 1 heterocycles. The zero-order chi connectivity index (χ0) is 21.5. The van der Waals surface area contributed by atoms with E-state index < -0.39 is 10.0 Å².